The summed E-state index contributed by atoms with van der Waals surface area (Å²) < 4.78 is 0. The van der Waals surface area contributed by atoms with Crippen LogP contribution in [0, 0.1) is 0 Å². The zero-order valence-corrected chi connectivity index (χ0v) is 13.4. The number of anilines is 1. The van der Waals surface area contributed by atoms with E-state index >= 15 is 0 Å². The van der Waals surface area contributed by atoms with E-state index in [4.69, 9.17) is 11.6 Å². The summed E-state index contributed by atoms with van der Waals surface area (Å²) in [6.07, 6.45) is 4.61. The third-order valence-electron chi connectivity index (χ3n) is 2.88. The quantitative estimate of drug-likeness (QED) is 0.801. The van der Waals surface area contributed by atoms with Gasteiger partial charge in [0.15, 0.2) is 0 Å². The van der Waals surface area contributed by atoms with Crippen LogP contribution in [0.25, 0.3) is 0 Å². The fourth-order valence-corrected chi connectivity index (χ4v) is 2.81. The number of nitrogens with one attached hydrogen (secondary N) is 1. The highest BCUT2D eigenvalue weighted by atomic mass is 35.5. The molecule has 0 saturated heterocycles. The van der Waals surface area contributed by atoms with Crippen molar-refractivity contribution in [1.29, 1.82) is 0 Å². The summed E-state index contributed by atoms with van der Waals surface area (Å²) in [4.78, 5) is 17.2. The van der Waals surface area contributed by atoms with Crippen LogP contribution in [0.2, 0.25) is 5.02 Å². The van der Waals surface area contributed by atoms with Crippen LogP contribution in [0.15, 0.2) is 47.6 Å². The minimum atomic E-state index is -0.0147. The van der Waals surface area contributed by atoms with Gasteiger partial charge in [0.25, 0.3) is 0 Å². The molecule has 0 spiro atoms. The number of nitrogens with zero attached hydrogens (tertiary/aromatic N) is 1. The maximum absolute atomic E-state index is 12.1. The first kappa shape index (κ1) is 15.9. The molecular formula is C16H17ClN2OS. The summed E-state index contributed by atoms with van der Waals surface area (Å²) in [5.74, 6) is 0.930. The number of hydrogen-bond acceptors (Lipinski definition) is 3. The summed E-state index contributed by atoms with van der Waals surface area (Å²) in [6.45, 7) is 2.08. The molecule has 0 bridgehead atoms. The number of aryl methyl sites for hydroxylation is 1. The SMILES string of the molecule is CCSc1ccc(Cl)cc1NC(=O)CCc1cccnc1. The molecule has 2 rings (SSSR count). The van der Waals surface area contributed by atoms with Gasteiger partial charge in [0, 0.05) is 28.7 Å². The maximum atomic E-state index is 12.1. The van der Waals surface area contributed by atoms with Gasteiger partial charge < -0.3 is 5.32 Å². The van der Waals surface area contributed by atoms with E-state index < -0.39 is 0 Å². The Morgan fingerprint density at radius 2 is 2.24 bits per heavy atom. The van der Waals surface area contributed by atoms with Crippen LogP contribution in [-0.4, -0.2) is 16.6 Å². The predicted octanol–water partition coefficient (Wildman–Crippen LogP) is 4.42. The second-order valence-electron chi connectivity index (χ2n) is 4.48. The largest absolute Gasteiger partial charge is 0.325 e. The molecule has 0 fully saturated rings. The van der Waals surface area contributed by atoms with E-state index in [1.165, 1.54) is 0 Å². The number of carbonyl (C=O) groups excluding carboxylic acids is 1. The number of hydrogen-bond donors (Lipinski definition) is 1. The van der Waals surface area contributed by atoms with E-state index in [1.54, 1.807) is 30.2 Å². The van der Waals surface area contributed by atoms with E-state index in [9.17, 15) is 4.79 Å². The van der Waals surface area contributed by atoms with E-state index in [1.807, 2.05) is 24.3 Å². The molecule has 0 atom stereocenters. The Bertz CT molecular complexity index is 604. The van der Waals surface area contributed by atoms with Gasteiger partial charge in [-0.1, -0.05) is 24.6 Å². The molecule has 3 nitrogen and oxygen atoms in total. The van der Waals surface area contributed by atoms with Crippen LogP contribution >= 0.6 is 23.4 Å². The van der Waals surface area contributed by atoms with Crippen molar-refractivity contribution in [3.05, 3.63) is 53.3 Å². The predicted molar refractivity (Wildman–Crippen MR) is 89.0 cm³/mol. The van der Waals surface area contributed by atoms with Gasteiger partial charge in [0.05, 0.1) is 5.69 Å². The molecule has 110 valence electrons. The first-order valence-corrected chi connectivity index (χ1v) is 8.16. The average Bonchev–Trinajstić information content (AvgIpc) is 2.49. The van der Waals surface area contributed by atoms with Gasteiger partial charge in [-0.2, -0.15) is 0 Å². The maximum Gasteiger partial charge on any atom is 0.224 e. The second kappa shape index (κ2) is 8.05. The zero-order chi connectivity index (χ0) is 15.1. The minimum Gasteiger partial charge on any atom is -0.325 e. The number of amides is 1. The molecule has 0 unspecified atom stereocenters. The van der Waals surface area contributed by atoms with E-state index in [0.717, 1.165) is 21.9 Å². The Morgan fingerprint density at radius 3 is 2.95 bits per heavy atom. The van der Waals surface area contributed by atoms with Crippen molar-refractivity contribution in [1.82, 2.24) is 4.98 Å². The topological polar surface area (TPSA) is 42.0 Å². The van der Waals surface area contributed by atoms with Crippen LogP contribution in [0.4, 0.5) is 5.69 Å². The van der Waals surface area contributed by atoms with Crippen molar-refractivity contribution in [2.45, 2.75) is 24.7 Å². The molecule has 1 N–H and O–H groups in total. The van der Waals surface area contributed by atoms with Crippen LogP contribution in [0.1, 0.15) is 18.9 Å². The lowest BCUT2D eigenvalue weighted by Crippen LogP contribution is -2.13. The molecule has 0 aliphatic rings. The standard InChI is InChI=1S/C16H17ClN2OS/c1-2-21-15-7-6-13(17)10-14(15)19-16(20)8-5-12-4-3-9-18-11-12/h3-4,6-7,9-11H,2,5,8H2,1H3,(H,19,20). The first-order valence-electron chi connectivity index (χ1n) is 6.80. The fraction of sp³-hybridized carbons (Fsp3) is 0.250. The molecule has 0 radical (unpaired) electrons. The second-order valence-corrected chi connectivity index (χ2v) is 6.23. The van der Waals surface area contributed by atoms with Crippen molar-refractivity contribution in [2.24, 2.45) is 0 Å². The molecule has 2 aromatic rings. The number of aromatic nitrogens is 1. The van der Waals surface area contributed by atoms with E-state index in [2.05, 4.69) is 17.2 Å². The number of carbonyl (C=O) groups is 1. The first-order chi connectivity index (χ1) is 10.2. The number of rotatable bonds is 6. The molecular weight excluding hydrogens is 304 g/mol. The minimum absolute atomic E-state index is 0.0147. The fourth-order valence-electron chi connectivity index (χ4n) is 1.90. The van der Waals surface area contributed by atoms with Gasteiger partial charge in [-0.15, -0.1) is 11.8 Å². The molecule has 1 aromatic heterocycles. The van der Waals surface area contributed by atoms with Gasteiger partial charge >= 0.3 is 0 Å². The summed E-state index contributed by atoms with van der Waals surface area (Å²) in [7, 11) is 0. The average molecular weight is 321 g/mol. The van der Waals surface area contributed by atoms with Crippen LogP contribution < -0.4 is 5.32 Å². The van der Waals surface area contributed by atoms with Gasteiger partial charge in [-0.3, -0.25) is 9.78 Å². The van der Waals surface area contributed by atoms with Gasteiger partial charge in [0.2, 0.25) is 5.91 Å². The van der Waals surface area contributed by atoms with Crippen molar-refractivity contribution < 1.29 is 4.79 Å². The van der Waals surface area contributed by atoms with Crippen molar-refractivity contribution in [3.8, 4) is 0 Å². The van der Waals surface area contributed by atoms with Gasteiger partial charge in [-0.05, 0) is 42.0 Å². The Kier molecular flexibility index (Phi) is 6.08. The third-order valence-corrected chi connectivity index (χ3v) is 4.07. The Balaban J connectivity index is 1.97. The Morgan fingerprint density at radius 1 is 1.38 bits per heavy atom. The van der Waals surface area contributed by atoms with Crippen LogP contribution in [-0.2, 0) is 11.2 Å². The van der Waals surface area contributed by atoms with E-state index in [-0.39, 0.29) is 5.91 Å². The zero-order valence-electron chi connectivity index (χ0n) is 11.8. The summed E-state index contributed by atoms with van der Waals surface area (Å²) in [5, 5.41) is 3.56. The number of pyridine rings is 1. The molecule has 1 aromatic carbocycles. The van der Waals surface area contributed by atoms with E-state index in [0.29, 0.717) is 17.9 Å². The highest BCUT2D eigenvalue weighted by Gasteiger charge is 2.08. The monoisotopic (exact) mass is 320 g/mol. The third kappa shape index (κ3) is 5.06. The Labute approximate surface area is 134 Å². The molecule has 0 aliphatic heterocycles. The molecule has 21 heavy (non-hydrogen) atoms. The lowest BCUT2D eigenvalue weighted by Gasteiger charge is -2.10. The number of benzene rings is 1. The van der Waals surface area contributed by atoms with Crippen molar-refractivity contribution in [2.75, 3.05) is 11.1 Å². The lowest BCUT2D eigenvalue weighted by molar-refractivity contribution is -0.116. The van der Waals surface area contributed by atoms with Crippen LogP contribution in [0.5, 0.6) is 0 Å². The summed E-state index contributed by atoms with van der Waals surface area (Å²) in [6, 6.07) is 9.41. The normalized spacial score (nSPS) is 10.4. The smallest absolute Gasteiger partial charge is 0.224 e. The summed E-state index contributed by atoms with van der Waals surface area (Å²) in [5.41, 5.74) is 1.84. The van der Waals surface area contributed by atoms with Crippen molar-refractivity contribution >= 4 is 35.0 Å². The van der Waals surface area contributed by atoms with Crippen LogP contribution in [0.3, 0.4) is 0 Å². The number of thioether (sulfide) groups is 1. The van der Waals surface area contributed by atoms with Gasteiger partial charge in [0.1, 0.15) is 0 Å². The molecule has 0 saturated carbocycles. The molecule has 5 heteroatoms. The highest BCUT2D eigenvalue weighted by molar-refractivity contribution is 7.99. The lowest BCUT2D eigenvalue weighted by atomic mass is 10.1. The van der Waals surface area contributed by atoms with Gasteiger partial charge in [-0.25, -0.2) is 0 Å². The molecule has 1 amide bonds. The molecule has 1 heterocycles. The molecule has 0 aliphatic carbocycles. The Hall–Kier alpha value is -1.52. The summed E-state index contributed by atoms with van der Waals surface area (Å²) >= 11 is 7.69. The number of halogens is 1. The van der Waals surface area contributed by atoms with Crippen molar-refractivity contribution in [3.63, 3.8) is 0 Å². The highest BCUT2D eigenvalue weighted by Crippen LogP contribution is 2.30.